The molecule has 0 spiro atoms. The van der Waals surface area contributed by atoms with Gasteiger partial charge in [0.15, 0.2) is 0 Å². The summed E-state index contributed by atoms with van der Waals surface area (Å²) >= 11 is 0. The largest absolute Gasteiger partial charge is 0.497 e. The van der Waals surface area contributed by atoms with Gasteiger partial charge in [0.2, 0.25) is 0 Å². The summed E-state index contributed by atoms with van der Waals surface area (Å²) in [6.07, 6.45) is 1.16. The van der Waals surface area contributed by atoms with Crippen molar-refractivity contribution in [2.45, 2.75) is 19.4 Å². The van der Waals surface area contributed by atoms with Gasteiger partial charge in [-0.2, -0.15) is 0 Å². The Hall–Kier alpha value is -1.10. The molecule has 4 heteroatoms. The lowest BCUT2D eigenvalue weighted by Crippen LogP contribution is -2.47. The summed E-state index contributed by atoms with van der Waals surface area (Å²) in [7, 11) is 3.93. The van der Waals surface area contributed by atoms with Crippen molar-refractivity contribution in [2.24, 2.45) is 0 Å². The lowest BCUT2D eigenvalue weighted by molar-refractivity contribution is 0.142. The molecule has 1 aromatic carbocycles. The van der Waals surface area contributed by atoms with E-state index < -0.39 is 0 Å². The normalized spacial score (nSPS) is 18.6. The van der Waals surface area contributed by atoms with E-state index in [2.05, 4.69) is 47.3 Å². The van der Waals surface area contributed by atoms with Crippen LogP contribution >= 0.6 is 0 Å². The zero-order valence-electron chi connectivity index (χ0n) is 13.6. The Morgan fingerprint density at radius 2 is 2.00 bits per heavy atom. The van der Waals surface area contributed by atoms with Crippen molar-refractivity contribution < 1.29 is 4.74 Å². The van der Waals surface area contributed by atoms with Crippen molar-refractivity contribution >= 4 is 0 Å². The summed E-state index contributed by atoms with van der Waals surface area (Å²) in [6, 6.07) is 8.83. The second kappa shape index (κ2) is 8.37. The molecule has 1 aliphatic rings. The molecular weight excluding hydrogens is 262 g/mol. The first-order chi connectivity index (χ1) is 10.2. The number of piperazine rings is 1. The molecule has 1 N–H and O–H groups in total. The topological polar surface area (TPSA) is 27.7 Å². The van der Waals surface area contributed by atoms with Crippen molar-refractivity contribution in [2.75, 3.05) is 53.4 Å². The van der Waals surface area contributed by atoms with Crippen LogP contribution in [0.3, 0.4) is 0 Å². The van der Waals surface area contributed by atoms with Gasteiger partial charge in [-0.15, -0.1) is 0 Å². The van der Waals surface area contributed by atoms with E-state index in [9.17, 15) is 0 Å². The molecular formula is C17H29N3O. The fourth-order valence-corrected chi connectivity index (χ4v) is 2.75. The molecule has 0 bridgehead atoms. The summed E-state index contributed by atoms with van der Waals surface area (Å²) < 4.78 is 5.37. The third-order valence-corrected chi connectivity index (χ3v) is 4.17. The maximum atomic E-state index is 5.37. The molecule has 4 nitrogen and oxygen atoms in total. The Balaban J connectivity index is 2.02. The second-order valence-electron chi connectivity index (χ2n) is 5.89. The summed E-state index contributed by atoms with van der Waals surface area (Å²) in [5.74, 6) is 0.939. The van der Waals surface area contributed by atoms with E-state index in [0.29, 0.717) is 6.04 Å². The number of benzene rings is 1. The second-order valence-corrected chi connectivity index (χ2v) is 5.89. The van der Waals surface area contributed by atoms with E-state index in [1.165, 1.54) is 18.7 Å². The van der Waals surface area contributed by atoms with Crippen molar-refractivity contribution in [3.63, 3.8) is 0 Å². The minimum absolute atomic E-state index is 0.378. The number of likely N-dealkylation sites (N-methyl/N-ethyl adjacent to an activating group) is 1. The summed E-state index contributed by atoms with van der Waals surface area (Å²) in [6.45, 7) is 8.98. The molecule has 0 aromatic heterocycles. The third kappa shape index (κ3) is 4.99. The molecule has 0 aliphatic carbocycles. The van der Waals surface area contributed by atoms with E-state index >= 15 is 0 Å². The molecule has 1 saturated heterocycles. The molecule has 1 atom stereocenters. The van der Waals surface area contributed by atoms with Crippen LogP contribution in [0, 0.1) is 0 Å². The van der Waals surface area contributed by atoms with Crippen molar-refractivity contribution in [3.8, 4) is 5.75 Å². The molecule has 0 radical (unpaired) electrons. The molecule has 1 heterocycles. The van der Waals surface area contributed by atoms with Crippen LogP contribution in [0.5, 0.6) is 5.75 Å². The molecule has 1 unspecified atom stereocenters. The lowest BCUT2D eigenvalue weighted by Gasteiger charge is -2.35. The quantitative estimate of drug-likeness (QED) is 0.831. The Labute approximate surface area is 129 Å². The molecule has 0 saturated carbocycles. The number of methoxy groups -OCH3 is 1. The molecule has 1 aromatic rings. The third-order valence-electron chi connectivity index (χ3n) is 4.17. The monoisotopic (exact) mass is 291 g/mol. The van der Waals surface area contributed by atoms with Crippen LogP contribution in [0.15, 0.2) is 24.3 Å². The van der Waals surface area contributed by atoms with Crippen LogP contribution in [0.25, 0.3) is 0 Å². The van der Waals surface area contributed by atoms with Crippen LogP contribution < -0.4 is 10.1 Å². The maximum absolute atomic E-state index is 5.37. The first kappa shape index (κ1) is 16.3. The van der Waals surface area contributed by atoms with Gasteiger partial charge in [0.25, 0.3) is 0 Å². The van der Waals surface area contributed by atoms with Gasteiger partial charge in [-0.3, -0.25) is 4.90 Å². The lowest BCUT2D eigenvalue weighted by atomic mass is 10.1. The number of nitrogens with one attached hydrogen (secondary N) is 1. The smallest absolute Gasteiger partial charge is 0.119 e. The van der Waals surface area contributed by atoms with Gasteiger partial charge in [-0.1, -0.05) is 19.1 Å². The number of hydrogen-bond acceptors (Lipinski definition) is 4. The minimum Gasteiger partial charge on any atom is -0.497 e. The van der Waals surface area contributed by atoms with Crippen molar-refractivity contribution in [3.05, 3.63) is 29.8 Å². The Bertz CT molecular complexity index is 416. The number of ether oxygens (including phenoxy) is 1. The SMILES string of the molecule is CCCNC(CN1CCN(C)CC1)c1cccc(OC)c1. The predicted octanol–water partition coefficient (Wildman–Crippen LogP) is 1.98. The Kier molecular flexibility index (Phi) is 6.49. The van der Waals surface area contributed by atoms with E-state index in [-0.39, 0.29) is 0 Å². The van der Waals surface area contributed by atoms with Gasteiger partial charge in [-0.25, -0.2) is 0 Å². The van der Waals surface area contributed by atoms with E-state index in [0.717, 1.165) is 38.3 Å². The van der Waals surface area contributed by atoms with E-state index in [1.807, 2.05) is 6.07 Å². The Morgan fingerprint density at radius 3 is 2.67 bits per heavy atom. The fourth-order valence-electron chi connectivity index (χ4n) is 2.75. The van der Waals surface area contributed by atoms with Crippen LogP contribution in [0.4, 0.5) is 0 Å². The number of nitrogens with zero attached hydrogens (tertiary/aromatic N) is 2. The van der Waals surface area contributed by atoms with Crippen LogP contribution in [-0.2, 0) is 0 Å². The Morgan fingerprint density at radius 1 is 1.24 bits per heavy atom. The highest BCUT2D eigenvalue weighted by Crippen LogP contribution is 2.20. The average Bonchev–Trinajstić information content (AvgIpc) is 2.53. The number of hydrogen-bond donors (Lipinski definition) is 1. The highest BCUT2D eigenvalue weighted by Gasteiger charge is 2.19. The molecule has 21 heavy (non-hydrogen) atoms. The molecule has 118 valence electrons. The highest BCUT2D eigenvalue weighted by molar-refractivity contribution is 5.30. The first-order valence-electron chi connectivity index (χ1n) is 8.01. The van der Waals surface area contributed by atoms with Gasteiger partial charge in [0.05, 0.1) is 7.11 Å². The molecule has 0 amide bonds. The molecule has 2 rings (SSSR count). The van der Waals surface area contributed by atoms with E-state index in [4.69, 9.17) is 4.74 Å². The predicted molar refractivity (Wildman–Crippen MR) is 88.0 cm³/mol. The van der Waals surface area contributed by atoms with Gasteiger partial charge in [0, 0.05) is 38.8 Å². The van der Waals surface area contributed by atoms with E-state index in [1.54, 1.807) is 7.11 Å². The zero-order valence-corrected chi connectivity index (χ0v) is 13.6. The first-order valence-corrected chi connectivity index (χ1v) is 8.01. The zero-order chi connectivity index (χ0) is 15.1. The fraction of sp³-hybridized carbons (Fsp3) is 0.647. The minimum atomic E-state index is 0.378. The summed E-state index contributed by atoms with van der Waals surface area (Å²) in [4.78, 5) is 4.96. The van der Waals surface area contributed by atoms with Gasteiger partial charge < -0.3 is 15.0 Å². The van der Waals surface area contributed by atoms with Gasteiger partial charge in [-0.05, 0) is 37.7 Å². The standard InChI is InChI=1S/C17H29N3O/c1-4-8-18-17(14-20-11-9-19(2)10-12-20)15-6-5-7-16(13-15)21-3/h5-7,13,17-18H,4,8-12,14H2,1-3H3. The highest BCUT2D eigenvalue weighted by atomic mass is 16.5. The number of rotatable bonds is 7. The van der Waals surface area contributed by atoms with Crippen LogP contribution in [-0.4, -0.2) is 63.2 Å². The van der Waals surface area contributed by atoms with Gasteiger partial charge in [0.1, 0.15) is 5.75 Å². The summed E-state index contributed by atoms with van der Waals surface area (Å²) in [5, 5.41) is 3.68. The van der Waals surface area contributed by atoms with Crippen LogP contribution in [0.1, 0.15) is 24.9 Å². The van der Waals surface area contributed by atoms with Crippen molar-refractivity contribution in [1.29, 1.82) is 0 Å². The summed E-state index contributed by atoms with van der Waals surface area (Å²) in [5.41, 5.74) is 1.32. The maximum Gasteiger partial charge on any atom is 0.119 e. The molecule has 1 fully saturated rings. The van der Waals surface area contributed by atoms with Gasteiger partial charge >= 0.3 is 0 Å². The van der Waals surface area contributed by atoms with Crippen LogP contribution in [0.2, 0.25) is 0 Å². The van der Waals surface area contributed by atoms with Crippen molar-refractivity contribution in [1.82, 2.24) is 15.1 Å². The molecule has 1 aliphatic heterocycles. The average molecular weight is 291 g/mol.